The van der Waals surface area contributed by atoms with Gasteiger partial charge in [-0.15, -0.1) is 0 Å². The SMILES string of the molecule is C=C(B1OC(C)(C)C(C)(C)O1)c1ccc2c(c1)CC(c1ccc(C3OCCCO3)cc1F)=C2. The lowest BCUT2D eigenvalue weighted by Crippen LogP contribution is -2.41. The molecule has 0 saturated carbocycles. The van der Waals surface area contributed by atoms with Gasteiger partial charge in [-0.25, -0.2) is 4.39 Å². The van der Waals surface area contributed by atoms with Crippen LogP contribution in [0.2, 0.25) is 0 Å². The van der Waals surface area contributed by atoms with Gasteiger partial charge in [0.25, 0.3) is 0 Å². The van der Waals surface area contributed by atoms with Gasteiger partial charge in [-0.05, 0) is 74.3 Å². The van der Waals surface area contributed by atoms with Gasteiger partial charge in [0.15, 0.2) is 6.29 Å². The molecule has 5 rings (SSSR count). The molecule has 0 bridgehead atoms. The molecule has 1 aliphatic carbocycles. The van der Waals surface area contributed by atoms with Crippen LogP contribution in [0.1, 0.15) is 68.2 Å². The van der Waals surface area contributed by atoms with Crippen molar-refractivity contribution in [3.05, 3.63) is 76.6 Å². The topological polar surface area (TPSA) is 36.9 Å². The summed E-state index contributed by atoms with van der Waals surface area (Å²) in [5.74, 6) is -0.258. The summed E-state index contributed by atoms with van der Waals surface area (Å²) in [6.07, 6.45) is 3.10. The van der Waals surface area contributed by atoms with Crippen molar-refractivity contribution in [3.8, 4) is 0 Å². The summed E-state index contributed by atoms with van der Waals surface area (Å²) in [5, 5.41) is 0. The van der Waals surface area contributed by atoms with Gasteiger partial charge in [0, 0.05) is 11.1 Å². The van der Waals surface area contributed by atoms with E-state index in [0.29, 0.717) is 30.8 Å². The van der Waals surface area contributed by atoms with Crippen LogP contribution in [0.3, 0.4) is 0 Å². The van der Waals surface area contributed by atoms with Gasteiger partial charge < -0.3 is 18.8 Å². The Balaban J connectivity index is 1.33. The van der Waals surface area contributed by atoms with Gasteiger partial charge in [0.05, 0.1) is 24.4 Å². The van der Waals surface area contributed by atoms with Crippen molar-refractivity contribution in [2.24, 2.45) is 0 Å². The van der Waals surface area contributed by atoms with E-state index in [2.05, 4.69) is 24.8 Å². The van der Waals surface area contributed by atoms with Crippen molar-refractivity contribution >= 4 is 24.2 Å². The van der Waals surface area contributed by atoms with Crippen molar-refractivity contribution in [2.75, 3.05) is 13.2 Å². The number of hydrogen-bond acceptors (Lipinski definition) is 4. The molecule has 0 atom stereocenters. The summed E-state index contributed by atoms with van der Waals surface area (Å²) in [7, 11) is -0.490. The molecule has 0 amide bonds. The van der Waals surface area contributed by atoms with Gasteiger partial charge in [-0.1, -0.05) is 43.0 Å². The molecule has 0 aromatic heterocycles. The van der Waals surface area contributed by atoms with Crippen LogP contribution in [0.4, 0.5) is 4.39 Å². The van der Waals surface area contributed by atoms with Crippen LogP contribution < -0.4 is 0 Å². The van der Waals surface area contributed by atoms with Gasteiger partial charge >= 0.3 is 7.12 Å². The monoisotopic (exact) mass is 448 g/mol. The molecule has 2 aromatic rings. The van der Waals surface area contributed by atoms with Crippen LogP contribution in [0.15, 0.2) is 43.0 Å². The molecular formula is C27H30BFO4. The summed E-state index contributed by atoms with van der Waals surface area (Å²) in [6, 6.07) is 11.5. The lowest BCUT2D eigenvalue weighted by Gasteiger charge is -2.32. The largest absolute Gasteiger partial charge is 0.494 e. The smallest absolute Gasteiger partial charge is 0.399 e. The van der Waals surface area contributed by atoms with Gasteiger partial charge in [-0.2, -0.15) is 0 Å². The molecule has 2 saturated heterocycles. The van der Waals surface area contributed by atoms with Gasteiger partial charge in [0.2, 0.25) is 0 Å². The zero-order valence-corrected chi connectivity index (χ0v) is 19.7. The molecule has 0 radical (unpaired) electrons. The number of halogens is 1. The van der Waals surface area contributed by atoms with Gasteiger partial charge in [-0.3, -0.25) is 0 Å². The standard InChI is InChI=1S/C27H30BFO4/c1-17(28-32-26(2,3)27(4,5)33-28)18-7-8-19-14-22(15-21(19)13-18)23-10-9-20(16-24(23)29)25-30-11-6-12-31-25/h7-10,13-14,16,25H,1,6,11-12,15H2,2-5H3. The van der Waals surface area contributed by atoms with E-state index in [1.807, 2.05) is 45.9 Å². The summed E-state index contributed by atoms with van der Waals surface area (Å²) in [4.78, 5) is 0. The Labute approximate surface area is 195 Å². The first-order valence-corrected chi connectivity index (χ1v) is 11.6. The molecule has 6 heteroatoms. The van der Waals surface area contributed by atoms with E-state index in [0.717, 1.165) is 34.2 Å². The Kier molecular flexibility index (Phi) is 5.61. The zero-order chi connectivity index (χ0) is 23.4. The average Bonchev–Trinajstić information content (AvgIpc) is 3.30. The molecule has 3 aliphatic rings. The Bertz CT molecular complexity index is 1110. The lowest BCUT2D eigenvalue weighted by atomic mass is 9.75. The van der Waals surface area contributed by atoms with E-state index in [4.69, 9.17) is 18.8 Å². The number of benzene rings is 2. The molecule has 0 spiro atoms. The second-order valence-electron chi connectivity index (χ2n) is 10.0. The molecule has 2 aromatic carbocycles. The van der Waals surface area contributed by atoms with Crippen molar-refractivity contribution < 1.29 is 23.2 Å². The van der Waals surface area contributed by atoms with Gasteiger partial charge in [0.1, 0.15) is 5.82 Å². The van der Waals surface area contributed by atoms with Crippen LogP contribution >= 0.6 is 0 Å². The minimum atomic E-state index is -0.490. The van der Waals surface area contributed by atoms with E-state index in [1.165, 1.54) is 6.07 Å². The van der Waals surface area contributed by atoms with E-state index in [9.17, 15) is 0 Å². The summed E-state index contributed by atoms with van der Waals surface area (Å²) < 4.78 is 38.6. The van der Waals surface area contributed by atoms with E-state index in [1.54, 1.807) is 0 Å². The highest BCUT2D eigenvalue weighted by molar-refractivity contribution is 6.68. The maximum atomic E-state index is 15.0. The summed E-state index contributed by atoms with van der Waals surface area (Å²) in [5.41, 5.74) is 5.47. The number of fused-ring (bicyclic) bond motifs is 1. The quantitative estimate of drug-likeness (QED) is 0.538. The fourth-order valence-corrected chi connectivity index (χ4v) is 4.46. The lowest BCUT2D eigenvalue weighted by molar-refractivity contribution is -0.183. The predicted molar refractivity (Wildman–Crippen MR) is 129 cm³/mol. The molecule has 4 nitrogen and oxygen atoms in total. The second kappa shape index (κ2) is 8.21. The highest BCUT2D eigenvalue weighted by Crippen LogP contribution is 2.41. The zero-order valence-electron chi connectivity index (χ0n) is 19.7. The fourth-order valence-electron chi connectivity index (χ4n) is 4.46. The second-order valence-corrected chi connectivity index (χ2v) is 10.0. The highest BCUT2D eigenvalue weighted by atomic mass is 19.1. The molecule has 0 unspecified atom stereocenters. The average molecular weight is 448 g/mol. The number of hydrogen-bond donors (Lipinski definition) is 0. The predicted octanol–water partition coefficient (Wildman–Crippen LogP) is 6.00. The van der Waals surface area contributed by atoms with Crippen LogP contribution in [0.25, 0.3) is 17.1 Å². The van der Waals surface area contributed by atoms with Crippen LogP contribution in [0.5, 0.6) is 0 Å². The molecule has 0 N–H and O–H groups in total. The van der Waals surface area contributed by atoms with Crippen molar-refractivity contribution in [2.45, 2.75) is 58.0 Å². The fraction of sp³-hybridized carbons (Fsp3) is 0.407. The highest BCUT2D eigenvalue weighted by Gasteiger charge is 2.52. The third kappa shape index (κ3) is 4.10. The van der Waals surface area contributed by atoms with Crippen LogP contribution in [0, 0.1) is 5.82 Å². The molecule has 2 fully saturated rings. The Morgan fingerprint density at radius 3 is 2.36 bits per heavy atom. The minimum absolute atomic E-state index is 0.258. The molecule has 2 heterocycles. The van der Waals surface area contributed by atoms with E-state index in [-0.39, 0.29) is 5.82 Å². The third-order valence-corrected chi connectivity index (χ3v) is 7.20. The maximum absolute atomic E-state index is 15.0. The summed E-state index contributed by atoms with van der Waals surface area (Å²) >= 11 is 0. The first-order chi connectivity index (χ1) is 15.6. The van der Waals surface area contributed by atoms with Crippen LogP contribution in [-0.2, 0) is 25.2 Å². The normalized spacial score (nSPS) is 21.7. The first kappa shape index (κ1) is 22.5. The number of allylic oxidation sites excluding steroid dienone is 1. The van der Waals surface area contributed by atoms with Crippen molar-refractivity contribution in [3.63, 3.8) is 0 Å². The third-order valence-electron chi connectivity index (χ3n) is 7.20. The number of rotatable bonds is 4. The molecular weight excluding hydrogens is 418 g/mol. The molecule has 33 heavy (non-hydrogen) atoms. The Hall–Kier alpha value is -2.25. The van der Waals surface area contributed by atoms with Crippen molar-refractivity contribution in [1.29, 1.82) is 0 Å². The Morgan fingerprint density at radius 2 is 1.70 bits per heavy atom. The number of ether oxygens (including phenoxy) is 2. The molecule has 172 valence electrons. The van der Waals surface area contributed by atoms with Crippen molar-refractivity contribution in [1.82, 2.24) is 0 Å². The minimum Gasteiger partial charge on any atom is -0.399 e. The Morgan fingerprint density at radius 1 is 1.00 bits per heavy atom. The molecule has 2 aliphatic heterocycles. The van der Waals surface area contributed by atoms with Crippen LogP contribution in [-0.4, -0.2) is 31.5 Å². The first-order valence-electron chi connectivity index (χ1n) is 11.6. The van der Waals surface area contributed by atoms with E-state index < -0.39 is 24.6 Å². The van der Waals surface area contributed by atoms with E-state index >= 15 is 4.39 Å². The summed E-state index contributed by atoms with van der Waals surface area (Å²) in [6.45, 7) is 13.7. The maximum Gasteiger partial charge on any atom is 0.494 e.